The fourth-order valence-corrected chi connectivity index (χ4v) is 3.46. The van der Waals surface area contributed by atoms with Crippen molar-refractivity contribution in [2.45, 2.75) is 0 Å². The number of rotatable bonds is 10. The van der Waals surface area contributed by atoms with Crippen molar-refractivity contribution in [2.75, 3.05) is 31.5 Å². The van der Waals surface area contributed by atoms with Crippen LogP contribution < -0.4 is 24.8 Å². The topological polar surface area (TPSA) is 153 Å². The van der Waals surface area contributed by atoms with Gasteiger partial charge in [0.25, 0.3) is 17.5 Å². The lowest BCUT2D eigenvalue weighted by Crippen LogP contribution is -2.20. The molecule has 38 heavy (non-hydrogen) atoms. The number of nitriles is 1. The number of hydrogen-bond acceptors (Lipinski definition) is 8. The minimum Gasteiger partial charge on any atom is -0.497 e. The maximum Gasteiger partial charge on any atom is 0.271 e. The van der Waals surface area contributed by atoms with E-state index in [9.17, 15) is 25.0 Å². The number of anilines is 2. The number of hydrogen-bond donors (Lipinski definition) is 2. The second-order valence-corrected chi connectivity index (χ2v) is 7.94. The standard InChI is InChI=1S/C26H21ClN4O7/c1-36-21-8-6-18(7-9-21)29-24(32)15-38-25-22(27)11-16(12-23(25)37-2)10-17(14-28)26(33)30-19-4-3-5-20(13-19)31(34)35/h3-13H,15H2,1-2H3,(H,29,32)(H,30,33)/b17-10-. The van der Waals surface area contributed by atoms with Crippen molar-refractivity contribution in [2.24, 2.45) is 0 Å². The molecule has 194 valence electrons. The van der Waals surface area contributed by atoms with Gasteiger partial charge < -0.3 is 24.8 Å². The summed E-state index contributed by atoms with van der Waals surface area (Å²) >= 11 is 6.35. The fraction of sp³-hybridized carbons (Fsp3) is 0.115. The lowest BCUT2D eigenvalue weighted by molar-refractivity contribution is -0.384. The largest absolute Gasteiger partial charge is 0.497 e. The van der Waals surface area contributed by atoms with Crippen LogP contribution in [0.2, 0.25) is 5.02 Å². The van der Waals surface area contributed by atoms with Crippen LogP contribution in [0.5, 0.6) is 17.2 Å². The molecule has 0 saturated carbocycles. The summed E-state index contributed by atoms with van der Waals surface area (Å²) in [7, 11) is 2.90. The Hall–Kier alpha value is -5.08. The second-order valence-electron chi connectivity index (χ2n) is 7.53. The number of carbonyl (C=O) groups is 2. The average molecular weight is 537 g/mol. The van der Waals surface area contributed by atoms with Crippen LogP contribution in [0, 0.1) is 21.4 Å². The monoisotopic (exact) mass is 536 g/mol. The Morgan fingerprint density at radius 1 is 1.05 bits per heavy atom. The molecule has 3 aromatic carbocycles. The molecule has 0 atom stereocenters. The molecular weight excluding hydrogens is 516 g/mol. The first-order valence-corrected chi connectivity index (χ1v) is 11.2. The van der Waals surface area contributed by atoms with Crippen LogP contribution in [-0.2, 0) is 9.59 Å². The maximum absolute atomic E-state index is 12.6. The van der Waals surface area contributed by atoms with Gasteiger partial charge in [-0.3, -0.25) is 19.7 Å². The van der Waals surface area contributed by atoms with Crippen LogP contribution in [0.25, 0.3) is 6.08 Å². The second kappa shape index (κ2) is 12.8. The fourth-order valence-electron chi connectivity index (χ4n) is 3.18. The summed E-state index contributed by atoms with van der Waals surface area (Å²) in [5.74, 6) is -0.320. The molecule has 12 heteroatoms. The van der Waals surface area contributed by atoms with Gasteiger partial charge in [0.1, 0.15) is 17.4 Å². The van der Waals surface area contributed by atoms with E-state index in [1.165, 1.54) is 56.7 Å². The van der Waals surface area contributed by atoms with E-state index in [4.69, 9.17) is 25.8 Å². The van der Waals surface area contributed by atoms with Crippen LogP contribution >= 0.6 is 11.6 Å². The molecule has 0 fully saturated rings. The summed E-state index contributed by atoms with van der Waals surface area (Å²) in [6, 6.07) is 16.7. The van der Waals surface area contributed by atoms with E-state index in [0.717, 1.165) is 0 Å². The zero-order chi connectivity index (χ0) is 27.7. The highest BCUT2D eigenvalue weighted by Gasteiger charge is 2.16. The first-order chi connectivity index (χ1) is 18.2. The smallest absolute Gasteiger partial charge is 0.271 e. The number of halogens is 1. The van der Waals surface area contributed by atoms with Crippen molar-refractivity contribution >= 4 is 46.6 Å². The molecular formula is C26H21ClN4O7. The average Bonchev–Trinajstić information content (AvgIpc) is 2.91. The summed E-state index contributed by atoms with van der Waals surface area (Å²) < 4.78 is 16.0. The molecule has 0 aromatic heterocycles. The Balaban J connectivity index is 1.72. The number of nitrogens with one attached hydrogen (secondary N) is 2. The number of methoxy groups -OCH3 is 2. The first kappa shape index (κ1) is 27.5. The van der Waals surface area contributed by atoms with Gasteiger partial charge in [0.15, 0.2) is 18.1 Å². The van der Waals surface area contributed by atoms with Gasteiger partial charge >= 0.3 is 0 Å². The van der Waals surface area contributed by atoms with Gasteiger partial charge in [0.2, 0.25) is 0 Å². The zero-order valence-corrected chi connectivity index (χ0v) is 20.9. The molecule has 0 spiro atoms. The van der Waals surface area contributed by atoms with E-state index < -0.39 is 16.7 Å². The molecule has 3 rings (SSSR count). The van der Waals surface area contributed by atoms with Crippen LogP contribution in [-0.4, -0.2) is 37.6 Å². The van der Waals surface area contributed by atoms with Gasteiger partial charge in [-0.25, -0.2) is 0 Å². The van der Waals surface area contributed by atoms with Crippen molar-refractivity contribution in [3.05, 3.63) is 86.9 Å². The van der Waals surface area contributed by atoms with E-state index in [1.54, 1.807) is 30.3 Å². The molecule has 0 aliphatic rings. The van der Waals surface area contributed by atoms with E-state index in [2.05, 4.69) is 10.6 Å². The lowest BCUT2D eigenvalue weighted by Gasteiger charge is -2.14. The van der Waals surface area contributed by atoms with E-state index in [-0.39, 0.29) is 40.1 Å². The van der Waals surface area contributed by atoms with Crippen molar-refractivity contribution in [3.63, 3.8) is 0 Å². The molecule has 0 aliphatic carbocycles. The van der Waals surface area contributed by atoms with Gasteiger partial charge in [-0.1, -0.05) is 17.7 Å². The van der Waals surface area contributed by atoms with Crippen LogP contribution in [0.1, 0.15) is 5.56 Å². The Morgan fingerprint density at radius 2 is 1.79 bits per heavy atom. The summed E-state index contributed by atoms with van der Waals surface area (Å²) in [6.07, 6.45) is 1.27. The molecule has 0 heterocycles. The van der Waals surface area contributed by atoms with Crippen molar-refractivity contribution < 1.29 is 28.7 Å². The third-order valence-corrected chi connectivity index (χ3v) is 5.24. The third kappa shape index (κ3) is 7.22. The lowest BCUT2D eigenvalue weighted by atomic mass is 10.1. The van der Waals surface area contributed by atoms with Crippen molar-refractivity contribution in [3.8, 4) is 23.3 Å². The molecule has 3 aromatic rings. The minimum atomic E-state index is -0.779. The molecule has 2 N–H and O–H groups in total. The van der Waals surface area contributed by atoms with Crippen LogP contribution in [0.3, 0.4) is 0 Å². The Bertz CT molecular complexity index is 1430. The summed E-state index contributed by atoms with van der Waals surface area (Å²) in [4.78, 5) is 35.2. The van der Waals surface area contributed by atoms with Gasteiger partial charge in [0, 0.05) is 23.5 Å². The van der Waals surface area contributed by atoms with Gasteiger partial charge in [0.05, 0.1) is 24.2 Å². The SMILES string of the molecule is COc1ccc(NC(=O)COc2c(Cl)cc(/C=C(/C#N)C(=O)Nc3cccc([N+](=O)[O-])c3)cc2OC)cc1. The summed E-state index contributed by atoms with van der Waals surface area (Å²) in [5.41, 5.74) is 0.535. The minimum absolute atomic E-state index is 0.0734. The summed E-state index contributed by atoms with van der Waals surface area (Å²) in [5, 5.41) is 25.6. The first-order valence-electron chi connectivity index (χ1n) is 10.9. The van der Waals surface area contributed by atoms with E-state index in [1.807, 2.05) is 0 Å². The number of nitrogens with zero attached hydrogens (tertiary/aromatic N) is 2. The Morgan fingerprint density at radius 3 is 2.42 bits per heavy atom. The number of nitro groups is 1. The van der Waals surface area contributed by atoms with E-state index >= 15 is 0 Å². The molecule has 11 nitrogen and oxygen atoms in total. The van der Waals surface area contributed by atoms with E-state index in [0.29, 0.717) is 17.0 Å². The van der Waals surface area contributed by atoms with Crippen molar-refractivity contribution in [1.29, 1.82) is 5.26 Å². The summed E-state index contributed by atoms with van der Waals surface area (Å²) in [6.45, 7) is -0.369. The highest BCUT2D eigenvalue weighted by Crippen LogP contribution is 2.37. The van der Waals surface area contributed by atoms with Gasteiger partial charge in [-0.2, -0.15) is 5.26 Å². The maximum atomic E-state index is 12.6. The third-order valence-electron chi connectivity index (χ3n) is 4.96. The Labute approximate surface area is 222 Å². The molecule has 0 bridgehead atoms. The highest BCUT2D eigenvalue weighted by molar-refractivity contribution is 6.32. The zero-order valence-electron chi connectivity index (χ0n) is 20.2. The molecule has 0 unspecified atom stereocenters. The van der Waals surface area contributed by atoms with Gasteiger partial charge in [-0.05, 0) is 54.1 Å². The van der Waals surface area contributed by atoms with Gasteiger partial charge in [-0.15, -0.1) is 0 Å². The Kier molecular flexibility index (Phi) is 9.23. The number of non-ortho nitro benzene ring substituents is 1. The molecule has 0 aliphatic heterocycles. The number of carbonyl (C=O) groups excluding carboxylic acids is 2. The molecule has 0 radical (unpaired) electrons. The number of benzene rings is 3. The molecule has 0 saturated heterocycles. The van der Waals surface area contributed by atoms with Crippen molar-refractivity contribution in [1.82, 2.24) is 0 Å². The predicted octanol–water partition coefficient (Wildman–Crippen LogP) is 4.83. The molecule has 2 amide bonds. The quantitative estimate of drug-likeness (QED) is 0.162. The van der Waals surface area contributed by atoms with Crippen LogP contribution in [0.15, 0.2) is 66.2 Å². The number of amides is 2. The highest BCUT2D eigenvalue weighted by atomic mass is 35.5. The number of ether oxygens (including phenoxy) is 3. The normalized spacial score (nSPS) is 10.6. The predicted molar refractivity (Wildman–Crippen MR) is 140 cm³/mol. The van der Waals surface area contributed by atoms with Crippen LogP contribution in [0.4, 0.5) is 17.1 Å². The number of nitro benzene ring substituents is 1.